The zero-order chi connectivity index (χ0) is 18.1. The van der Waals surface area contributed by atoms with Crippen LogP contribution < -0.4 is 5.32 Å². The predicted octanol–water partition coefficient (Wildman–Crippen LogP) is 2.20. The van der Waals surface area contributed by atoms with E-state index in [1.165, 1.54) is 13.3 Å². The largest absolute Gasteiger partial charge is 0.465 e. The molecule has 0 bridgehead atoms. The molecule has 130 valence electrons. The van der Waals surface area contributed by atoms with E-state index in [4.69, 9.17) is 9.47 Å². The number of nitrogens with one attached hydrogen (secondary N) is 1. The van der Waals surface area contributed by atoms with Crippen LogP contribution in [-0.4, -0.2) is 38.2 Å². The van der Waals surface area contributed by atoms with Gasteiger partial charge in [0.25, 0.3) is 0 Å². The number of anilines is 1. The van der Waals surface area contributed by atoms with Crippen LogP contribution in [0.1, 0.15) is 29.8 Å². The van der Waals surface area contributed by atoms with Crippen LogP contribution in [0.25, 0.3) is 0 Å². The van der Waals surface area contributed by atoms with Crippen molar-refractivity contribution in [3.63, 3.8) is 0 Å². The highest BCUT2D eigenvalue weighted by Gasteiger charge is 2.21. The molecule has 7 nitrogen and oxygen atoms in total. The Labute approximate surface area is 140 Å². The molecule has 0 aliphatic heterocycles. The fourth-order valence-electron chi connectivity index (χ4n) is 1.79. The molecule has 0 saturated carbocycles. The Kier molecular flexibility index (Phi) is 7.48. The van der Waals surface area contributed by atoms with E-state index in [1.807, 2.05) is 6.92 Å². The summed E-state index contributed by atoms with van der Waals surface area (Å²) in [5.74, 6) is -2.06. The molecule has 0 unspecified atom stereocenters. The van der Waals surface area contributed by atoms with Gasteiger partial charge in [0.05, 0.1) is 25.9 Å². The van der Waals surface area contributed by atoms with Crippen molar-refractivity contribution in [2.75, 3.05) is 25.6 Å². The molecular formula is C17H21NO6. The molecule has 1 aromatic carbocycles. The van der Waals surface area contributed by atoms with Crippen LogP contribution in [0.15, 0.2) is 30.0 Å². The van der Waals surface area contributed by atoms with Crippen molar-refractivity contribution in [3.05, 3.63) is 41.1 Å². The number of hydrogen-bond acceptors (Lipinski definition) is 7. The van der Waals surface area contributed by atoms with Crippen LogP contribution in [0.5, 0.6) is 0 Å². The average Bonchev–Trinajstić information content (AvgIpc) is 2.56. The summed E-state index contributed by atoms with van der Waals surface area (Å²) in [5.41, 5.74) is 1.43. The maximum atomic E-state index is 11.9. The second-order valence-corrected chi connectivity index (χ2v) is 4.66. The highest BCUT2D eigenvalue weighted by molar-refractivity contribution is 6.14. The summed E-state index contributed by atoms with van der Waals surface area (Å²) in [6, 6.07) is 4.90. The monoisotopic (exact) mass is 335 g/mol. The summed E-state index contributed by atoms with van der Waals surface area (Å²) in [6.07, 6.45) is 1.21. The minimum absolute atomic E-state index is 0.131. The van der Waals surface area contributed by atoms with Gasteiger partial charge in [0.15, 0.2) is 5.57 Å². The molecule has 1 N–H and O–H groups in total. The van der Waals surface area contributed by atoms with Crippen molar-refractivity contribution >= 4 is 23.6 Å². The van der Waals surface area contributed by atoms with Crippen LogP contribution in [0.3, 0.4) is 0 Å². The second kappa shape index (κ2) is 9.34. The van der Waals surface area contributed by atoms with Gasteiger partial charge in [-0.1, -0.05) is 6.07 Å². The number of hydrogen-bond donors (Lipinski definition) is 1. The van der Waals surface area contributed by atoms with Gasteiger partial charge in [-0.2, -0.15) is 0 Å². The van der Waals surface area contributed by atoms with Gasteiger partial charge in [-0.15, -0.1) is 0 Å². The Bertz CT molecular complexity index is 630. The SMILES string of the molecule is CCOC(=O)C(=CNc1cc(C(=O)OC)ccc1C)C(=O)OCC. The summed E-state index contributed by atoms with van der Waals surface area (Å²) in [7, 11) is 1.29. The molecule has 0 fully saturated rings. The summed E-state index contributed by atoms with van der Waals surface area (Å²) in [4.78, 5) is 35.4. The van der Waals surface area contributed by atoms with Gasteiger partial charge in [-0.3, -0.25) is 0 Å². The van der Waals surface area contributed by atoms with E-state index in [1.54, 1.807) is 32.0 Å². The summed E-state index contributed by atoms with van der Waals surface area (Å²) in [6.45, 7) is 5.35. The van der Waals surface area contributed by atoms with Crippen LogP contribution >= 0.6 is 0 Å². The van der Waals surface area contributed by atoms with Gasteiger partial charge in [0.1, 0.15) is 0 Å². The lowest BCUT2D eigenvalue weighted by molar-refractivity contribution is -0.146. The summed E-state index contributed by atoms with van der Waals surface area (Å²) < 4.78 is 14.4. The smallest absolute Gasteiger partial charge is 0.347 e. The van der Waals surface area contributed by atoms with Crippen molar-refractivity contribution in [2.24, 2.45) is 0 Å². The summed E-state index contributed by atoms with van der Waals surface area (Å²) >= 11 is 0. The maximum absolute atomic E-state index is 11.9. The van der Waals surface area contributed by atoms with Gasteiger partial charge in [-0.05, 0) is 38.5 Å². The number of carbonyl (C=O) groups is 3. The standard InChI is InChI=1S/C17H21NO6/c1-5-23-16(20)13(17(21)24-6-2)10-18-14-9-12(15(19)22-4)8-7-11(14)3/h7-10,18H,5-6H2,1-4H3. The fourth-order valence-corrected chi connectivity index (χ4v) is 1.79. The Hall–Kier alpha value is -2.83. The molecule has 1 aromatic rings. The molecule has 0 atom stereocenters. The average molecular weight is 335 g/mol. The number of benzene rings is 1. The third-order valence-electron chi connectivity index (χ3n) is 3.02. The quantitative estimate of drug-likeness (QED) is 0.268. The molecular weight excluding hydrogens is 314 g/mol. The van der Waals surface area contributed by atoms with Gasteiger partial charge in [-0.25, -0.2) is 14.4 Å². The number of methoxy groups -OCH3 is 1. The molecule has 0 radical (unpaired) electrons. The van der Waals surface area contributed by atoms with E-state index >= 15 is 0 Å². The topological polar surface area (TPSA) is 90.9 Å². The lowest BCUT2D eigenvalue weighted by Crippen LogP contribution is -2.19. The molecule has 0 heterocycles. The molecule has 1 rings (SSSR count). The Balaban J connectivity index is 3.10. The minimum atomic E-state index is -0.787. The first-order valence-corrected chi connectivity index (χ1v) is 7.44. The van der Waals surface area contributed by atoms with Crippen LogP contribution in [0, 0.1) is 6.92 Å². The van der Waals surface area contributed by atoms with E-state index < -0.39 is 17.9 Å². The van der Waals surface area contributed by atoms with Gasteiger partial charge >= 0.3 is 17.9 Å². The molecule has 0 spiro atoms. The Morgan fingerprint density at radius 3 is 2.17 bits per heavy atom. The zero-order valence-corrected chi connectivity index (χ0v) is 14.2. The number of carbonyl (C=O) groups excluding carboxylic acids is 3. The van der Waals surface area contributed by atoms with Crippen molar-refractivity contribution in [3.8, 4) is 0 Å². The third kappa shape index (κ3) is 5.12. The van der Waals surface area contributed by atoms with Gasteiger partial charge < -0.3 is 19.5 Å². The number of esters is 3. The molecule has 0 amide bonds. The Morgan fingerprint density at radius 2 is 1.67 bits per heavy atom. The molecule has 7 heteroatoms. The van der Waals surface area contributed by atoms with Crippen LogP contribution in [0.2, 0.25) is 0 Å². The first-order chi connectivity index (χ1) is 11.4. The van der Waals surface area contributed by atoms with E-state index in [2.05, 4.69) is 10.1 Å². The molecule has 0 aliphatic carbocycles. The van der Waals surface area contributed by atoms with Crippen molar-refractivity contribution in [1.29, 1.82) is 0 Å². The zero-order valence-electron chi connectivity index (χ0n) is 14.2. The first kappa shape index (κ1) is 19.2. The van der Waals surface area contributed by atoms with E-state index in [-0.39, 0.29) is 18.8 Å². The molecule has 0 aromatic heterocycles. The van der Waals surface area contributed by atoms with Crippen molar-refractivity contribution < 1.29 is 28.6 Å². The fraction of sp³-hybridized carbons (Fsp3) is 0.353. The maximum Gasteiger partial charge on any atom is 0.347 e. The second-order valence-electron chi connectivity index (χ2n) is 4.66. The highest BCUT2D eigenvalue weighted by atomic mass is 16.6. The number of rotatable bonds is 7. The predicted molar refractivity (Wildman–Crippen MR) is 87.5 cm³/mol. The lowest BCUT2D eigenvalue weighted by Gasteiger charge is -2.10. The van der Waals surface area contributed by atoms with Crippen molar-refractivity contribution in [1.82, 2.24) is 0 Å². The number of ether oxygens (including phenoxy) is 3. The molecule has 0 aliphatic rings. The van der Waals surface area contributed by atoms with E-state index in [0.29, 0.717) is 11.3 Å². The number of aryl methyl sites for hydroxylation is 1. The molecule has 24 heavy (non-hydrogen) atoms. The first-order valence-electron chi connectivity index (χ1n) is 7.44. The van der Waals surface area contributed by atoms with Crippen LogP contribution in [-0.2, 0) is 23.8 Å². The third-order valence-corrected chi connectivity index (χ3v) is 3.02. The van der Waals surface area contributed by atoms with E-state index in [9.17, 15) is 14.4 Å². The van der Waals surface area contributed by atoms with Gasteiger partial charge in [0.2, 0.25) is 0 Å². The Morgan fingerprint density at radius 1 is 1.08 bits per heavy atom. The van der Waals surface area contributed by atoms with Crippen molar-refractivity contribution in [2.45, 2.75) is 20.8 Å². The summed E-state index contributed by atoms with van der Waals surface area (Å²) in [5, 5.41) is 2.84. The van der Waals surface area contributed by atoms with Gasteiger partial charge in [0, 0.05) is 11.9 Å². The molecule has 0 saturated heterocycles. The minimum Gasteiger partial charge on any atom is -0.465 e. The normalized spacial score (nSPS) is 9.67. The van der Waals surface area contributed by atoms with E-state index in [0.717, 1.165) is 5.56 Å². The van der Waals surface area contributed by atoms with Crippen LogP contribution in [0.4, 0.5) is 5.69 Å². The highest BCUT2D eigenvalue weighted by Crippen LogP contribution is 2.18. The lowest BCUT2D eigenvalue weighted by atomic mass is 10.1.